The Morgan fingerprint density at radius 1 is 1.07 bits per heavy atom. The van der Waals surface area contributed by atoms with E-state index >= 15 is 0 Å². The third kappa shape index (κ3) is 5.11. The number of benzene rings is 2. The number of hydrogen-bond acceptors (Lipinski definition) is 3. The summed E-state index contributed by atoms with van der Waals surface area (Å²) in [6.07, 6.45) is 3.01. The third-order valence-electron chi connectivity index (χ3n) is 4.00. The van der Waals surface area contributed by atoms with Gasteiger partial charge in [-0.05, 0) is 42.0 Å². The minimum absolute atomic E-state index is 0.119. The first kappa shape index (κ1) is 19.5. The lowest BCUT2D eigenvalue weighted by Gasteiger charge is -2.20. The number of amides is 2. The Balaban J connectivity index is 1.81. The van der Waals surface area contributed by atoms with Gasteiger partial charge in [0.25, 0.3) is 11.8 Å². The van der Waals surface area contributed by atoms with Crippen LogP contribution in [-0.2, 0) is 11.3 Å². The molecule has 0 aliphatic carbocycles. The number of halogens is 1. The molecule has 5 nitrogen and oxygen atoms in total. The molecule has 142 valence electrons. The summed E-state index contributed by atoms with van der Waals surface area (Å²) in [5, 5.41) is 3.29. The van der Waals surface area contributed by atoms with Gasteiger partial charge >= 0.3 is 0 Å². The van der Waals surface area contributed by atoms with Gasteiger partial charge in [0, 0.05) is 30.3 Å². The van der Waals surface area contributed by atoms with Crippen LogP contribution in [0.1, 0.15) is 21.7 Å². The highest BCUT2D eigenvalue weighted by atomic mass is 35.5. The van der Waals surface area contributed by atoms with E-state index in [1.807, 2.05) is 18.2 Å². The number of carbonyl (C=O) groups excluding carboxylic acids is 2. The Morgan fingerprint density at radius 2 is 1.86 bits per heavy atom. The molecule has 2 aromatic carbocycles. The number of hydrogen-bond donors (Lipinski definition) is 1. The maximum Gasteiger partial charge on any atom is 0.270 e. The molecule has 3 aromatic rings. The second-order valence-corrected chi connectivity index (χ2v) is 6.62. The fourth-order valence-corrected chi connectivity index (χ4v) is 2.85. The van der Waals surface area contributed by atoms with Crippen molar-refractivity contribution in [2.24, 2.45) is 0 Å². The molecule has 0 saturated carbocycles. The van der Waals surface area contributed by atoms with E-state index in [0.29, 0.717) is 22.9 Å². The van der Waals surface area contributed by atoms with Gasteiger partial charge in [0.05, 0.1) is 6.26 Å². The Bertz CT molecular complexity index is 982. The summed E-state index contributed by atoms with van der Waals surface area (Å²) in [4.78, 5) is 27.0. The summed E-state index contributed by atoms with van der Waals surface area (Å²) >= 11 is 6.02. The van der Waals surface area contributed by atoms with Crippen molar-refractivity contribution in [1.82, 2.24) is 10.2 Å². The van der Waals surface area contributed by atoms with Crippen LogP contribution in [0.25, 0.3) is 6.08 Å². The van der Waals surface area contributed by atoms with Crippen molar-refractivity contribution in [2.45, 2.75) is 6.54 Å². The van der Waals surface area contributed by atoms with Crippen molar-refractivity contribution < 1.29 is 14.0 Å². The van der Waals surface area contributed by atoms with Crippen LogP contribution < -0.4 is 5.32 Å². The van der Waals surface area contributed by atoms with Crippen LogP contribution in [0.4, 0.5) is 0 Å². The van der Waals surface area contributed by atoms with Crippen molar-refractivity contribution >= 4 is 29.5 Å². The standard InChI is InChI=1S/C22H19ClN2O3/c1-25(15-16-7-5-10-18(23)13-16)22(27)20(14-19-11-6-12-28-19)24-21(26)17-8-3-2-4-9-17/h2-14H,15H2,1H3,(H,24,26)/b20-14-. The van der Waals surface area contributed by atoms with Gasteiger partial charge in [-0.15, -0.1) is 0 Å². The fourth-order valence-electron chi connectivity index (χ4n) is 2.64. The molecule has 28 heavy (non-hydrogen) atoms. The van der Waals surface area contributed by atoms with Crippen LogP contribution >= 0.6 is 11.6 Å². The average molecular weight is 395 g/mol. The Hall–Kier alpha value is -3.31. The van der Waals surface area contributed by atoms with E-state index in [9.17, 15) is 9.59 Å². The topological polar surface area (TPSA) is 62.6 Å². The van der Waals surface area contributed by atoms with Gasteiger partial charge in [-0.3, -0.25) is 9.59 Å². The van der Waals surface area contributed by atoms with Crippen LogP contribution in [-0.4, -0.2) is 23.8 Å². The van der Waals surface area contributed by atoms with Crippen molar-refractivity contribution in [2.75, 3.05) is 7.05 Å². The summed E-state index contributed by atoms with van der Waals surface area (Å²) in [7, 11) is 1.66. The first-order valence-electron chi connectivity index (χ1n) is 8.64. The van der Waals surface area contributed by atoms with Crippen LogP contribution in [0.2, 0.25) is 5.02 Å². The summed E-state index contributed by atoms with van der Waals surface area (Å²) in [6, 6.07) is 19.4. The summed E-state index contributed by atoms with van der Waals surface area (Å²) < 4.78 is 5.30. The second kappa shape index (κ2) is 9.06. The zero-order chi connectivity index (χ0) is 19.9. The van der Waals surface area contributed by atoms with Crippen LogP contribution in [0.3, 0.4) is 0 Å². The smallest absolute Gasteiger partial charge is 0.270 e. The molecule has 0 bridgehead atoms. The minimum Gasteiger partial charge on any atom is -0.465 e. The number of nitrogens with zero attached hydrogens (tertiary/aromatic N) is 1. The molecular weight excluding hydrogens is 376 g/mol. The summed E-state index contributed by atoms with van der Waals surface area (Å²) in [5.74, 6) is -0.253. The quantitative estimate of drug-likeness (QED) is 0.632. The molecule has 6 heteroatoms. The van der Waals surface area contributed by atoms with E-state index < -0.39 is 0 Å². The van der Waals surface area contributed by atoms with E-state index in [1.54, 1.807) is 55.6 Å². The fraction of sp³-hybridized carbons (Fsp3) is 0.0909. The van der Waals surface area contributed by atoms with Gasteiger partial charge < -0.3 is 14.6 Å². The largest absolute Gasteiger partial charge is 0.465 e. The molecule has 1 aromatic heterocycles. The molecule has 0 radical (unpaired) electrons. The van der Waals surface area contributed by atoms with Gasteiger partial charge in [-0.1, -0.05) is 41.9 Å². The Labute approximate surface area is 168 Å². The normalized spacial score (nSPS) is 11.1. The van der Waals surface area contributed by atoms with Crippen LogP contribution in [0.15, 0.2) is 83.1 Å². The van der Waals surface area contributed by atoms with E-state index in [0.717, 1.165) is 5.56 Å². The Morgan fingerprint density at radius 3 is 2.54 bits per heavy atom. The van der Waals surface area contributed by atoms with E-state index in [2.05, 4.69) is 5.32 Å². The van der Waals surface area contributed by atoms with E-state index in [1.165, 1.54) is 17.2 Å². The maximum absolute atomic E-state index is 13.0. The summed E-state index contributed by atoms with van der Waals surface area (Å²) in [6.45, 7) is 0.343. The van der Waals surface area contributed by atoms with Crippen molar-refractivity contribution in [3.63, 3.8) is 0 Å². The lowest BCUT2D eigenvalue weighted by Crippen LogP contribution is -2.35. The highest BCUT2D eigenvalue weighted by Crippen LogP contribution is 2.14. The highest BCUT2D eigenvalue weighted by Gasteiger charge is 2.19. The molecule has 2 amide bonds. The van der Waals surface area contributed by atoms with Crippen molar-refractivity contribution in [3.8, 4) is 0 Å². The molecule has 3 rings (SSSR count). The molecule has 1 heterocycles. The average Bonchev–Trinajstić information content (AvgIpc) is 3.20. The first-order chi connectivity index (χ1) is 13.5. The second-order valence-electron chi connectivity index (χ2n) is 6.18. The van der Waals surface area contributed by atoms with E-state index in [4.69, 9.17) is 16.0 Å². The lowest BCUT2D eigenvalue weighted by molar-refractivity contribution is -0.126. The first-order valence-corrected chi connectivity index (χ1v) is 9.02. The van der Waals surface area contributed by atoms with Crippen molar-refractivity contribution in [1.29, 1.82) is 0 Å². The van der Waals surface area contributed by atoms with E-state index in [-0.39, 0.29) is 17.5 Å². The molecular formula is C22H19ClN2O3. The predicted molar refractivity (Wildman–Crippen MR) is 109 cm³/mol. The number of nitrogens with one attached hydrogen (secondary N) is 1. The molecule has 0 unspecified atom stereocenters. The zero-order valence-corrected chi connectivity index (χ0v) is 16.0. The zero-order valence-electron chi connectivity index (χ0n) is 15.3. The van der Waals surface area contributed by atoms with Gasteiger partial charge in [0.15, 0.2) is 0 Å². The van der Waals surface area contributed by atoms with Crippen molar-refractivity contribution in [3.05, 3.63) is 101 Å². The SMILES string of the molecule is CN(Cc1cccc(Cl)c1)C(=O)/C(=C/c1ccco1)NC(=O)c1ccccc1. The number of rotatable bonds is 6. The third-order valence-corrected chi connectivity index (χ3v) is 4.23. The highest BCUT2D eigenvalue weighted by molar-refractivity contribution is 6.30. The lowest BCUT2D eigenvalue weighted by atomic mass is 10.2. The van der Waals surface area contributed by atoms with Crippen LogP contribution in [0, 0.1) is 0 Å². The number of carbonyl (C=O) groups is 2. The monoisotopic (exact) mass is 394 g/mol. The molecule has 0 saturated heterocycles. The minimum atomic E-state index is -0.372. The molecule has 1 N–H and O–H groups in total. The predicted octanol–water partition coefficient (Wildman–Crippen LogP) is 4.36. The Kier molecular flexibility index (Phi) is 6.29. The van der Waals surface area contributed by atoms with Gasteiger partial charge in [-0.2, -0.15) is 0 Å². The summed E-state index contributed by atoms with van der Waals surface area (Å²) in [5.41, 5.74) is 1.46. The molecule has 0 spiro atoms. The molecule has 0 aliphatic heterocycles. The van der Waals surface area contributed by atoms with Gasteiger partial charge in [-0.25, -0.2) is 0 Å². The number of likely N-dealkylation sites (N-methyl/N-ethyl adjacent to an activating group) is 1. The molecule has 0 fully saturated rings. The number of furan rings is 1. The molecule has 0 atom stereocenters. The molecule has 0 aliphatic rings. The van der Waals surface area contributed by atoms with Gasteiger partial charge in [0.2, 0.25) is 0 Å². The maximum atomic E-state index is 13.0. The van der Waals surface area contributed by atoms with Crippen LogP contribution in [0.5, 0.6) is 0 Å². The van der Waals surface area contributed by atoms with Gasteiger partial charge in [0.1, 0.15) is 11.5 Å².